The molecule has 0 aliphatic carbocycles. The summed E-state index contributed by atoms with van der Waals surface area (Å²) in [5.41, 5.74) is 2.69. The molecule has 2 aromatic heterocycles. The van der Waals surface area contributed by atoms with E-state index in [1.165, 1.54) is 11.3 Å². The van der Waals surface area contributed by atoms with E-state index in [4.69, 9.17) is 0 Å². The highest BCUT2D eigenvalue weighted by Gasteiger charge is 2.11. The predicted molar refractivity (Wildman–Crippen MR) is 83.1 cm³/mol. The van der Waals surface area contributed by atoms with Gasteiger partial charge in [0, 0.05) is 23.6 Å². The number of hydrogen-bond acceptors (Lipinski definition) is 4. The van der Waals surface area contributed by atoms with Crippen LogP contribution >= 0.6 is 11.3 Å². The molecule has 0 aliphatic rings. The Morgan fingerprint density at radius 1 is 1.19 bits per heavy atom. The fourth-order valence-corrected chi connectivity index (χ4v) is 2.63. The smallest absolute Gasteiger partial charge is 0.257 e. The van der Waals surface area contributed by atoms with Gasteiger partial charge < -0.3 is 4.57 Å². The maximum absolute atomic E-state index is 12.3. The van der Waals surface area contributed by atoms with E-state index in [0.29, 0.717) is 10.7 Å². The van der Waals surface area contributed by atoms with Crippen LogP contribution in [0.4, 0.5) is 5.13 Å². The Labute approximate surface area is 126 Å². The number of carbonyl (C=O) groups is 1. The summed E-state index contributed by atoms with van der Waals surface area (Å²) in [4.78, 5) is 12.3. The lowest BCUT2D eigenvalue weighted by Gasteiger charge is -2.09. The van der Waals surface area contributed by atoms with Crippen LogP contribution in [-0.4, -0.2) is 20.7 Å². The number of carbonyl (C=O) groups excluding carboxylic acids is 1. The summed E-state index contributed by atoms with van der Waals surface area (Å²) >= 11 is 1.36. The molecule has 0 fully saturated rings. The van der Waals surface area contributed by atoms with Gasteiger partial charge in [0.25, 0.3) is 5.91 Å². The Morgan fingerprint density at radius 2 is 1.95 bits per heavy atom. The molecule has 0 saturated carbocycles. The molecule has 0 atom stereocenters. The Morgan fingerprint density at radius 3 is 2.62 bits per heavy atom. The van der Waals surface area contributed by atoms with E-state index in [1.54, 1.807) is 0 Å². The Hall–Kier alpha value is -2.47. The van der Waals surface area contributed by atoms with Crippen molar-refractivity contribution < 1.29 is 4.79 Å². The molecule has 3 rings (SSSR count). The first-order valence-corrected chi connectivity index (χ1v) is 7.30. The molecule has 1 N–H and O–H groups in total. The number of rotatable bonds is 3. The van der Waals surface area contributed by atoms with Gasteiger partial charge in [0.05, 0.1) is 0 Å². The van der Waals surface area contributed by atoms with Crippen LogP contribution in [0.15, 0.2) is 42.7 Å². The third-order valence-corrected chi connectivity index (χ3v) is 3.85. The quantitative estimate of drug-likeness (QED) is 0.807. The topological polar surface area (TPSA) is 59.8 Å². The molecular formula is C15H14N4OS. The van der Waals surface area contributed by atoms with Crippen LogP contribution < -0.4 is 5.32 Å². The highest BCUT2D eigenvalue weighted by atomic mass is 32.1. The van der Waals surface area contributed by atoms with Gasteiger partial charge in [-0.05, 0) is 43.7 Å². The Bertz CT molecular complexity index is 777. The molecule has 106 valence electrons. The second-order valence-electron chi connectivity index (χ2n) is 4.67. The molecule has 21 heavy (non-hydrogen) atoms. The lowest BCUT2D eigenvalue weighted by atomic mass is 10.1. The number of nitrogens with zero attached hydrogens (tertiary/aromatic N) is 3. The number of aryl methyl sites for hydroxylation is 2. The van der Waals surface area contributed by atoms with Crippen molar-refractivity contribution in [2.75, 3.05) is 5.32 Å². The van der Waals surface area contributed by atoms with Crippen LogP contribution in [0.25, 0.3) is 5.69 Å². The summed E-state index contributed by atoms with van der Waals surface area (Å²) in [5.74, 6) is -0.181. The van der Waals surface area contributed by atoms with E-state index in [2.05, 4.69) is 15.5 Å². The molecule has 3 aromatic rings. The molecule has 1 aromatic carbocycles. The first-order valence-electron chi connectivity index (χ1n) is 6.49. The third-order valence-electron chi connectivity index (χ3n) is 3.10. The van der Waals surface area contributed by atoms with Crippen LogP contribution in [-0.2, 0) is 0 Å². The van der Waals surface area contributed by atoms with Gasteiger partial charge in [0.15, 0.2) is 0 Å². The summed E-state index contributed by atoms with van der Waals surface area (Å²) in [5, 5.41) is 11.9. The monoisotopic (exact) mass is 298 g/mol. The average molecular weight is 298 g/mol. The van der Waals surface area contributed by atoms with Crippen molar-refractivity contribution in [2.24, 2.45) is 0 Å². The van der Waals surface area contributed by atoms with Gasteiger partial charge in [-0.15, -0.1) is 10.2 Å². The van der Waals surface area contributed by atoms with Crippen LogP contribution in [0.2, 0.25) is 0 Å². The van der Waals surface area contributed by atoms with Crippen LogP contribution in [0.1, 0.15) is 20.9 Å². The molecule has 5 nitrogen and oxygen atoms in total. The molecule has 1 amide bonds. The fourth-order valence-electron chi connectivity index (χ4n) is 2.04. The summed E-state index contributed by atoms with van der Waals surface area (Å²) in [6.45, 7) is 3.87. The highest BCUT2D eigenvalue weighted by molar-refractivity contribution is 7.15. The van der Waals surface area contributed by atoms with Gasteiger partial charge in [-0.1, -0.05) is 17.4 Å². The molecule has 0 saturated heterocycles. The Kier molecular flexibility index (Phi) is 3.53. The molecule has 0 unspecified atom stereocenters. The molecule has 0 radical (unpaired) electrons. The lowest BCUT2D eigenvalue weighted by molar-refractivity contribution is 0.102. The zero-order valence-corrected chi connectivity index (χ0v) is 12.5. The van der Waals surface area contributed by atoms with E-state index in [0.717, 1.165) is 16.3 Å². The van der Waals surface area contributed by atoms with Gasteiger partial charge in [-0.25, -0.2) is 0 Å². The molecular weight excluding hydrogens is 284 g/mol. The number of amides is 1. The van der Waals surface area contributed by atoms with Gasteiger partial charge in [0.2, 0.25) is 5.13 Å². The summed E-state index contributed by atoms with van der Waals surface area (Å²) in [6.07, 6.45) is 3.91. The normalized spacial score (nSPS) is 10.6. The predicted octanol–water partition coefficient (Wildman–Crippen LogP) is 3.20. The molecule has 0 bridgehead atoms. The van der Waals surface area contributed by atoms with Crippen molar-refractivity contribution in [2.45, 2.75) is 13.8 Å². The maximum atomic E-state index is 12.3. The van der Waals surface area contributed by atoms with Crippen molar-refractivity contribution >= 4 is 22.4 Å². The van der Waals surface area contributed by atoms with Crippen LogP contribution in [0.5, 0.6) is 0 Å². The van der Waals surface area contributed by atoms with Crippen LogP contribution in [0, 0.1) is 13.8 Å². The van der Waals surface area contributed by atoms with Gasteiger partial charge in [-0.2, -0.15) is 0 Å². The van der Waals surface area contributed by atoms with E-state index >= 15 is 0 Å². The molecule has 6 heteroatoms. The Balaban J connectivity index is 1.89. The number of benzene rings is 1. The average Bonchev–Trinajstić information content (AvgIpc) is 3.11. The summed E-state index contributed by atoms with van der Waals surface area (Å²) < 4.78 is 1.99. The van der Waals surface area contributed by atoms with Crippen molar-refractivity contribution in [3.05, 3.63) is 58.9 Å². The lowest BCUT2D eigenvalue weighted by Crippen LogP contribution is -2.12. The van der Waals surface area contributed by atoms with E-state index in [9.17, 15) is 4.79 Å². The third kappa shape index (κ3) is 2.85. The molecule has 0 spiro atoms. The minimum Gasteiger partial charge on any atom is -0.324 e. The van der Waals surface area contributed by atoms with Gasteiger partial charge in [-0.3, -0.25) is 10.1 Å². The van der Waals surface area contributed by atoms with Crippen LogP contribution in [0.3, 0.4) is 0 Å². The zero-order chi connectivity index (χ0) is 14.8. The number of nitrogens with one attached hydrogen (secondary N) is 1. The number of hydrogen-bond donors (Lipinski definition) is 1. The van der Waals surface area contributed by atoms with Crippen molar-refractivity contribution in [3.63, 3.8) is 0 Å². The first kappa shape index (κ1) is 13.5. The zero-order valence-electron chi connectivity index (χ0n) is 11.7. The first-order chi connectivity index (χ1) is 10.1. The maximum Gasteiger partial charge on any atom is 0.257 e. The van der Waals surface area contributed by atoms with Crippen molar-refractivity contribution in [1.29, 1.82) is 0 Å². The summed E-state index contributed by atoms with van der Waals surface area (Å²) in [6, 6.07) is 9.53. The highest BCUT2D eigenvalue weighted by Crippen LogP contribution is 2.19. The minimum atomic E-state index is -0.181. The second kappa shape index (κ2) is 5.49. The second-order valence-corrected chi connectivity index (χ2v) is 5.85. The largest absolute Gasteiger partial charge is 0.324 e. The SMILES string of the molecule is Cc1nnc(NC(=O)c2ccc(C)c(-n3cccc3)c2)s1. The fraction of sp³-hybridized carbons (Fsp3) is 0.133. The van der Waals surface area contributed by atoms with Crippen molar-refractivity contribution in [3.8, 4) is 5.69 Å². The standard InChI is InChI=1S/C15H14N4OS/c1-10-5-6-12(9-13(10)19-7-3-4-8-19)14(20)16-15-18-17-11(2)21-15/h3-9H,1-2H3,(H,16,18,20). The summed E-state index contributed by atoms with van der Waals surface area (Å²) in [7, 11) is 0. The van der Waals surface area contributed by atoms with Gasteiger partial charge >= 0.3 is 0 Å². The number of aromatic nitrogens is 3. The van der Waals surface area contributed by atoms with E-state index in [1.807, 2.05) is 61.1 Å². The van der Waals surface area contributed by atoms with E-state index in [-0.39, 0.29) is 5.91 Å². The van der Waals surface area contributed by atoms with Gasteiger partial charge in [0.1, 0.15) is 5.01 Å². The van der Waals surface area contributed by atoms with Crippen molar-refractivity contribution in [1.82, 2.24) is 14.8 Å². The molecule has 2 heterocycles. The van der Waals surface area contributed by atoms with E-state index < -0.39 is 0 Å². The number of anilines is 1. The minimum absolute atomic E-state index is 0.181. The molecule has 0 aliphatic heterocycles.